The van der Waals surface area contributed by atoms with E-state index in [1.807, 2.05) is 0 Å². The third-order valence-corrected chi connectivity index (χ3v) is 3.73. The molecule has 17 heavy (non-hydrogen) atoms. The van der Waals surface area contributed by atoms with E-state index in [-0.39, 0.29) is 11.7 Å². The largest absolute Gasteiger partial charge is 0.317 e. The lowest BCUT2D eigenvalue weighted by molar-refractivity contribution is 0.0906. The van der Waals surface area contributed by atoms with E-state index in [1.54, 1.807) is 19.1 Å². The molecule has 1 heterocycles. The highest BCUT2D eigenvalue weighted by atomic mass is 19.1. The predicted octanol–water partition coefficient (Wildman–Crippen LogP) is 3.40. The molecule has 94 valence electrons. The van der Waals surface area contributed by atoms with Crippen molar-refractivity contribution < 1.29 is 8.78 Å². The van der Waals surface area contributed by atoms with Gasteiger partial charge in [-0.25, -0.2) is 8.78 Å². The van der Waals surface area contributed by atoms with Crippen molar-refractivity contribution in [2.24, 2.45) is 5.92 Å². The summed E-state index contributed by atoms with van der Waals surface area (Å²) in [5.41, 5.74) is -0.974. The molecule has 2 atom stereocenters. The lowest BCUT2D eigenvalue weighted by atomic mass is 9.80. The van der Waals surface area contributed by atoms with Crippen LogP contribution in [-0.2, 0) is 5.67 Å². The first-order valence-electron chi connectivity index (χ1n) is 6.26. The van der Waals surface area contributed by atoms with Gasteiger partial charge in [0.2, 0.25) is 0 Å². The fraction of sp³-hybridized carbons (Fsp3) is 0.571. The lowest BCUT2D eigenvalue weighted by Crippen LogP contribution is -2.28. The molecule has 0 spiro atoms. The monoisotopic (exact) mass is 239 g/mol. The van der Waals surface area contributed by atoms with Crippen molar-refractivity contribution in [3.63, 3.8) is 0 Å². The number of hydrogen-bond acceptors (Lipinski definition) is 1. The average Bonchev–Trinajstić information content (AvgIpc) is 2.58. The van der Waals surface area contributed by atoms with Crippen LogP contribution in [0.2, 0.25) is 0 Å². The summed E-state index contributed by atoms with van der Waals surface area (Å²) in [6.45, 7) is 3.38. The molecule has 1 aromatic carbocycles. The molecule has 2 rings (SSSR count). The van der Waals surface area contributed by atoms with Crippen molar-refractivity contribution in [3.05, 3.63) is 35.6 Å². The molecule has 1 N–H and O–H groups in total. The molecule has 1 saturated heterocycles. The van der Waals surface area contributed by atoms with Crippen LogP contribution in [-0.4, -0.2) is 13.1 Å². The van der Waals surface area contributed by atoms with Gasteiger partial charge in [0.05, 0.1) is 0 Å². The van der Waals surface area contributed by atoms with Gasteiger partial charge in [0.25, 0.3) is 0 Å². The van der Waals surface area contributed by atoms with Crippen molar-refractivity contribution in [3.8, 4) is 0 Å². The Labute approximate surface area is 101 Å². The molecule has 0 radical (unpaired) electrons. The SMILES string of the molecule is CC(F)(c1cccc(F)c1)C1CCCNCC1. The van der Waals surface area contributed by atoms with Gasteiger partial charge in [-0.1, -0.05) is 12.1 Å². The summed E-state index contributed by atoms with van der Waals surface area (Å²) in [6, 6.07) is 5.94. The number of benzene rings is 1. The maximum Gasteiger partial charge on any atom is 0.136 e. The van der Waals surface area contributed by atoms with Crippen molar-refractivity contribution in [1.82, 2.24) is 5.32 Å². The Balaban J connectivity index is 2.21. The Morgan fingerprint density at radius 2 is 2.12 bits per heavy atom. The molecule has 2 unspecified atom stereocenters. The smallest absolute Gasteiger partial charge is 0.136 e. The minimum Gasteiger partial charge on any atom is -0.317 e. The first kappa shape index (κ1) is 12.5. The Morgan fingerprint density at radius 1 is 1.29 bits per heavy atom. The van der Waals surface area contributed by atoms with E-state index in [4.69, 9.17) is 0 Å². The van der Waals surface area contributed by atoms with Crippen LogP contribution in [0.15, 0.2) is 24.3 Å². The molecule has 1 aromatic rings. The summed E-state index contributed by atoms with van der Waals surface area (Å²) >= 11 is 0. The zero-order valence-electron chi connectivity index (χ0n) is 10.2. The van der Waals surface area contributed by atoms with Gasteiger partial charge >= 0.3 is 0 Å². The first-order valence-corrected chi connectivity index (χ1v) is 6.26. The van der Waals surface area contributed by atoms with Crippen molar-refractivity contribution >= 4 is 0 Å². The molecule has 1 aliphatic rings. The van der Waals surface area contributed by atoms with E-state index >= 15 is 0 Å². The second kappa shape index (κ2) is 5.13. The van der Waals surface area contributed by atoms with Gasteiger partial charge in [-0.2, -0.15) is 0 Å². The third kappa shape index (κ3) is 2.83. The molecular weight excluding hydrogens is 220 g/mol. The van der Waals surface area contributed by atoms with Crippen LogP contribution in [0.4, 0.5) is 8.78 Å². The average molecular weight is 239 g/mol. The Morgan fingerprint density at radius 3 is 2.88 bits per heavy atom. The minimum atomic E-state index is -1.44. The number of hydrogen-bond donors (Lipinski definition) is 1. The van der Waals surface area contributed by atoms with E-state index in [0.29, 0.717) is 5.56 Å². The maximum absolute atomic E-state index is 14.9. The normalized spacial score (nSPS) is 25.0. The quantitative estimate of drug-likeness (QED) is 0.834. The number of alkyl halides is 1. The fourth-order valence-corrected chi connectivity index (χ4v) is 2.59. The van der Waals surface area contributed by atoms with Crippen LogP contribution >= 0.6 is 0 Å². The first-order chi connectivity index (χ1) is 8.10. The molecule has 0 aliphatic carbocycles. The summed E-state index contributed by atoms with van der Waals surface area (Å²) in [7, 11) is 0. The van der Waals surface area contributed by atoms with Gasteiger partial charge in [-0.05, 0) is 62.9 Å². The van der Waals surface area contributed by atoms with Gasteiger partial charge < -0.3 is 5.32 Å². The van der Waals surface area contributed by atoms with Gasteiger partial charge in [0.1, 0.15) is 11.5 Å². The Bertz CT molecular complexity index is 368. The van der Waals surface area contributed by atoms with E-state index in [1.165, 1.54) is 12.1 Å². The number of rotatable bonds is 2. The van der Waals surface area contributed by atoms with Crippen molar-refractivity contribution in [2.45, 2.75) is 31.9 Å². The standard InChI is InChI=1S/C14H19F2N/c1-14(16,11-5-3-8-17-9-7-11)12-4-2-6-13(15)10-12/h2,4,6,10-11,17H,3,5,7-9H2,1H3. The van der Waals surface area contributed by atoms with E-state index in [2.05, 4.69) is 5.32 Å². The van der Waals surface area contributed by atoms with E-state index in [9.17, 15) is 8.78 Å². The topological polar surface area (TPSA) is 12.0 Å². The molecular formula is C14H19F2N. The third-order valence-electron chi connectivity index (χ3n) is 3.73. The number of nitrogens with one attached hydrogen (secondary N) is 1. The highest BCUT2D eigenvalue weighted by Gasteiger charge is 2.36. The molecule has 1 nitrogen and oxygen atoms in total. The van der Waals surface area contributed by atoms with Crippen molar-refractivity contribution in [1.29, 1.82) is 0 Å². The minimum absolute atomic E-state index is 0.0284. The molecule has 0 aromatic heterocycles. The van der Waals surface area contributed by atoms with Crippen LogP contribution in [0, 0.1) is 11.7 Å². The summed E-state index contributed by atoms with van der Waals surface area (Å²) in [6.07, 6.45) is 2.65. The maximum atomic E-state index is 14.9. The molecule has 0 bridgehead atoms. The van der Waals surface area contributed by atoms with Gasteiger partial charge in [0.15, 0.2) is 0 Å². The molecule has 1 aliphatic heterocycles. The highest BCUT2D eigenvalue weighted by Crippen LogP contribution is 2.39. The summed E-state index contributed by atoms with van der Waals surface area (Å²) in [4.78, 5) is 0. The van der Waals surface area contributed by atoms with Gasteiger partial charge in [-0.15, -0.1) is 0 Å². The summed E-state index contributed by atoms with van der Waals surface area (Å²) in [5, 5.41) is 3.27. The molecule has 1 fully saturated rings. The zero-order chi connectivity index (χ0) is 12.3. The summed E-state index contributed by atoms with van der Waals surface area (Å²) in [5.74, 6) is -0.391. The van der Waals surface area contributed by atoms with Gasteiger partial charge in [-0.3, -0.25) is 0 Å². The Kier molecular flexibility index (Phi) is 3.77. The predicted molar refractivity (Wildman–Crippen MR) is 65.1 cm³/mol. The lowest BCUT2D eigenvalue weighted by Gasteiger charge is -2.30. The van der Waals surface area contributed by atoms with Crippen LogP contribution < -0.4 is 5.32 Å². The van der Waals surface area contributed by atoms with E-state index < -0.39 is 5.67 Å². The van der Waals surface area contributed by atoms with Gasteiger partial charge in [0, 0.05) is 0 Å². The second-order valence-electron chi connectivity index (χ2n) is 4.96. The summed E-state index contributed by atoms with van der Waals surface area (Å²) < 4.78 is 28.0. The molecule has 3 heteroatoms. The number of halogens is 2. The van der Waals surface area contributed by atoms with Crippen LogP contribution in [0.1, 0.15) is 31.7 Å². The zero-order valence-corrected chi connectivity index (χ0v) is 10.2. The van der Waals surface area contributed by atoms with Crippen molar-refractivity contribution in [2.75, 3.05) is 13.1 Å². The van der Waals surface area contributed by atoms with E-state index in [0.717, 1.165) is 32.4 Å². The Hall–Kier alpha value is -0.960. The van der Waals surface area contributed by atoms with Crippen LogP contribution in [0.5, 0.6) is 0 Å². The van der Waals surface area contributed by atoms with Crippen LogP contribution in [0.3, 0.4) is 0 Å². The second-order valence-corrected chi connectivity index (χ2v) is 4.96. The fourth-order valence-electron chi connectivity index (χ4n) is 2.59. The highest BCUT2D eigenvalue weighted by molar-refractivity contribution is 5.23. The molecule has 0 amide bonds. The molecule has 0 saturated carbocycles. The van der Waals surface area contributed by atoms with Crippen LogP contribution in [0.25, 0.3) is 0 Å².